The van der Waals surface area contributed by atoms with Crippen LogP contribution in [0.2, 0.25) is 0 Å². The molecule has 2 aromatic heterocycles. The Morgan fingerprint density at radius 2 is 1.19 bits per heavy atom. The summed E-state index contributed by atoms with van der Waals surface area (Å²) < 4.78 is 13.3. The van der Waals surface area contributed by atoms with E-state index < -0.39 is 5.41 Å². The number of hydrogen-bond acceptors (Lipinski definition) is 5. The third kappa shape index (κ3) is 4.26. The molecule has 0 amide bonds. The summed E-state index contributed by atoms with van der Waals surface area (Å²) in [6, 6.07) is 47.4. The molecule has 0 saturated carbocycles. The number of allylic oxidation sites excluding steroid dienone is 5. The largest absolute Gasteiger partial charge is 0.457 e. The molecule has 1 spiro atoms. The predicted octanol–water partition coefficient (Wildman–Crippen LogP) is 11.7. The number of para-hydroxylation sites is 2. The normalized spacial score (nSPS) is 15.9. The Hall–Kier alpha value is -6.85. The van der Waals surface area contributed by atoms with E-state index in [0.29, 0.717) is 17.5 Å². The molecule has 0 N–H and O–H groups in total. The first kappa shape index (κ1) is 30.0. The molecule has 0 radical (unpaired) electrons. The first-order valence-electron chi connectivity index (χ1n) is 17.4. The van der Waals surface area contributed by atoms with Crippen LogP contribution in [-0.4, -0.2) is 15.0 Å². The maximum atomic E-state index is 6.84. The van der Waals surface area contributed by atoms with Gasteiger partial charge in [-0.25, -0.2) is 15.0 Å². The molecule has 0 saturated heterocycles. The van der Waals surface area contributed by atoms with Gasteiger partial charge in [0.15, 0.2) is 17.5 Å². The van der Waals surface area contributed by atoms with Crippen LogP contribution in [0.3, 0.4) is 0 Å². The van der Waals surface area contributed by atoms with Gasteiger partial charge in [0, 0.05) is 38.6 Å². The van der Waals surface area contributed by atoms with Crippen molar-refractivity contribution in [2.24, 2.45) is 0 Å². The van der Waals surface area contributed by atoms with E-state index in [1.54, 1.807) is 0 Å². The summed E-state index contributed by atoms with van der Waals surface area (Å²) in [4.78, 5) is 14.9. The van der Waals surface area contributed by atoms with E-state index in [4.69, 9.17) is 24.1 Å². The Morgan fingerprint density at radius 1 is 0.577 bits per heavy atom. The van der Waals surface area contributed by atoms with E-state index in [-0.39, 0.29) is 0 Å². The van der Waals surface area contributed by atoms with Gasteiger partial charge in [-0.1, -0.05) is 140 Å². The van der Waals surface area contributed by atoms with Gasteiger partial charge in [0.2, 0.25) is 0 Å². The molecule has 2 aliphatic rings. The van der Waals surface area contributed by atoms with Crippen LogP contribution in [0, 0.1) is 0 Å². The van der Waals surface area contributed by atoms with Gasteiger partial charge in [0.05, 0.1) is 5.41 Å². The number of furan rings is 1. The van der Waals surface area contributed by atoms with Crippen molar-refractivity contribution in [1.29, 1.82) is 0 Å². The molecular formula is C47H31N3O2. The number of benzene rings is 6. The van der Waals surface area contributed by atoms with E-state index in [0.717, 1.165) is 83.5 Å². The van der Waals surface area contributed by atoms with Gasteiger partial charge in [0.25, 0.3) is 0 Å². The molecule has 10 rings (SSSR count). The van der Waals surface area contributed by atoms with E-state index in [1.165, 1.54) is 0 Å². The number of rotatable bonds is 5. The fraction of sp³-hybridized carbons (Fsp3) is 0.0426. The number of aromatic nitrogens is 3. The van der Waals surface area contributed by atoms with Crippen LogP contribution in [0.1, 0.15) is 29.2 Å². The second-order valence-corrected chi connectivity index (χ2v) is 13.1. The van der Waals surface area contributed by atoms with Crippen molar-refractivity contribution in [3.63, 3.8) is 0 Å². The molecule has 1 atom stereocenters. The number of nitrogens with zero attached hydrogens (tertiary/aromatic N) is 3. The number of ether oxygens (including phenoxy) is 1. The highest BCUT2D eigenvalue weighted by Gasteiger charge is 2.52. The summed E-state index contributed by atoms with van der Waals surface area (Å²) >= 11 is 0. The molecule has 246 valence electrons. The van der Waals surface area contributed by atoms with Crippen LogP contribution in [0.25, 0.3) is 61.7 Å². The average molecular weight is 670 g/mol. The molecule has 5 nitrogen and oxygen atoms in total. The first-order chi connectivity index (χ1) is 25.7. The second kappa shape index (κ2) is 11.6. The molecule has 52 heavy (non-hydrogen) atoms. The van der Waals surface area contributed by atoms with Gasteiger partial charge in [-0.05, 0) is 53.5 Å². The summed E-state index contributed by atoms with van der Waals surface area (Å²) in [5, 5.41) is 2.19. The number of hydrogen-bond donors (Lipinski definition) is 0. The Bertz CT molecular complexity index is 2740. The Morgan fingerprint density at radius 3 is 1.90 bits per heavy atom. The maximum Gasteiger partial charge on any atom is 0.164 e. The lowest BCUT2D eigenvalue weighted by Gasteiger charge is -2.40. The molecule has 6 aromatic carbocycles. The van der Waals surface area contributed by atoms with Crippen LogP contribution >= 0.6 is 0 Å². The average Bonchev–Trinajstić information content (AvgIpc) is 3.72. The third-order valence-electron chi connectivity index (χ3n) is 10.3. The maximum absolute atomic E-state index is 6.84. The van der Waals surface area contributed by atoms with Crippen molar-refractivity contribution in [2.75, 3.05) is 0 Å². The quantitative estimate of drug-likeness (QED) is 0.182. The van der Waals surface area contributed by atoms with E-state index in [1.807, 2.05) is 84.9 Å². The summed E-state index contributed by atoms with van der Waals surface area (Å²) in [5.41, 5.74) is 10.3. The fourth-order valence-corrected chi connectivity index (χ4v) is 8.20. The van der Waals surface area contributed by atoms with Crippen LogP contribution in [0.5, 0.6) is 11.5 Å². The van der Waals surface area contributed by atoms with E-state index in [2.05, 4.69) is 86.3 Å². The van der Waals surface area contributed by atoms with Gasteiger partial charge in [-0.2, -0.15) is 0 Å². The first-order valence-corrected chi connectivity index (χ1v) is 17.4. The van der Waals surface area contributed by atoms with Gasteiger partial charge in [0.1, 0.15) is 22.7 Å². The third-order valence-corrected chi connectivity index (χ3v) is 10.3. The summed E-state index contributed by atoms with van der Waals surface area (Å²) in [7, 11) is 0. The Kier molecular flexibility index (Phi) is 6.70. The topological polar surface area (TPSA) is 61.0 Å². The highest BCUT2D eigenvalue weighted by atomic mass is 16.5. The lowest BCUT2D eigenvalue weighted by Crippen LogP contribution is -2.32. The lowest BCUT2D eigenvalue weighted by molar-refractivity contribution is 0.436. The van der Waals surface area contributed by atoms with Gasteiger partial charge in [-0.3, -0.25) is 0 Å². The van der Waals surface area contributed by atoms with E-state index >= 15 is 0 Å². The minimum Gasteiger partial charge on any atom is -0.457 e. The predicted molar refractivity (Wildman–Crippen MR) is 208 cm³/mol. The number of fused-ring (bicyclic) bond motifs is 10. The highest BCUT2D eigenvalue weighted by molar-refractivity contribution is 6.14. The van der Waals surface area contributed by atoms with Gasteiger partial charge in [-0.15, -0.1) is 0 Å². The van der Waals surface area contributed by atoms with Crippen molar-refractivity contribution in [3.8, 4) is 45.7 Å². The molecule has 5 heteroatoms. The molecule has 3 heterocycles. The van der Waals surface area contributed by atoms with Crippen LogP contribution in [0.4, 0.5) is 0 Å². The van der Waals surface area contributed by atoms with Gasteiger partial charge >= 0.3 is 0 Å². The summed E-state index contributed by atoms with van der Waals surface area (Å²) in [5.74, 6) is 3.32. The molecule has 1 unspecified atom stereocenters. The van der Waals surface area contributed by atoms with Crippen molar-refractivity contribution in [3.05, 3.63) is 192 Å². The molecule has 1 aliphatic heterocycles. The molecular weight excluding hydrogens is 639 g/mol. The monoisotopic (exact) mass is 669 g/mol. The highest BCUT2D eigenvalue weighted by Crippen LogP contribution is 2.63. The zero-order valence-corrected chi connectivity index (χ0v) is 28.4. The smallest absolute Gasteiger partial charge is 0.164 e. The van der Waals surface area contributed by atoms with Crippen molar-refractivity contribution < 1.29 is 9.15 Å². The van der Waals surface area contributed by atoms with Crippen LogP contribution < -0.4 is 4.74 Å². The minimum absolute atomic E-state index is 0.569. The SMILES string of the molecule is C=CC1=C(/C=C\C)c2c(ccc3oc4ccccc4c23)C12c1ccccc1Oc1cc(-c3nc(-c4ccccc4)nc(-c4ccccc4)n3)ccc12. The minimum atomic E-state index is -0.704. The summed E-state index contributed by atoms with van der Waals surface area (Å²) in [6.07, 6.45) is 6.33. The zero-order valence-electron chi connectivity index (χ0n) is 28.4. The Balaban J connectivity index is 1.25. The van der Waals surface area contributed by atoms with Crippen LogP contribution in [-0.2, 0) is 5.41 Å². The summed E-state index contributed by atoms with van der Waals surface area (Å²) in [6.45, 7) is 6.50. The lowest BCUT2D eigenvalue weighted by atomic mass is 9.65. The van der Waals surface area contributed by atoms with Crippen molar-refractivity contribution in [2.45, 2.75) is 12.3 Å². The van der Waals surface area contributed by atoms with Crippen LogP contribution in [0.15, 0.2) is 174 Å². The zero-order chi connectivity index (χ0) is 34.8. The van der Waals surface area contributed by atoms with E-state index in [9.17, 15) is 0 Å². The standard InChI is InChI=1S/C47H31N3O2/c1-3-15-32-34(4-2)47(37-26-27-40-43(42(32)37)33-20-11-13-22-38(33)51-40)35-21-12-14-23-39(35)52-41-28-31(24-25-36(41)47)46-49-44(29-16-7-5-8-17-29)48-45(50-46)30-18-9-6-10-19-30/h3-28H,2H2,1H3/b15-3-. The van der Waals surface area contributed by atoms with Crippen molar-refractivity contribution in [1.82, 2.24) is 15.0 Å². The Labute approximate surface area is 300 Å². The molecule has 8 aromatic rings. The molecule has 0 bridgehead atoms. The van der Waals surface area contributed by atoms with Crippen molar-refractivity contribution >= 4 is 27.5 Å². The molecule has 0 fully saturated rings. The molecule has 1 aliphatic carbocycles. The fourth-order valence-electron chi connectivity index (χ4n) is 8.20. The van der Waals surface area contributed by atoms with Gasteiger partial charge < -0.3 is 9.15 Å². The second-order valence-electron chi connectivity index (χ2n) is 13.1.